The SMILES string of the molecule is CC(C)(C)c1cn2c(n1)CCC(NC(=O)c1ccncc1)C2. The van der Waals surface area contributed by atoms with Crippen molar-refractivity contribution in [1.82, 2.24) is 19.9 Å². The first-order valence-electron chi connectivity index (χ1n) is 7.71. The molecule has 1 N–H and O–H groups in total. The number of hydrogen-bond donors (Lipinski definition) is 1. The van der Waals surface area contributed by atoms with E-state index in [1.54, 1.807) is 24.5 Å². The molecule has 0 aliphatic carbocycles. The fourth-order valence-corrected chi connectivity index (χ4v) is 2.70. The van der Waals surface area contributed by atoms with Gasteiger partial charge in [-0.15, -0.1) is 0 Å². The van der Waals surface area contributed by atoms with Gasteiger partial charge in [0.2, 0.25) is 0 Å². The minimum atomic E-state index is -0.0352. The van der Waals surface area contributed by atoms with Crippen LogP contribution < -0.4 is 5.32 Å². The zero-order chi connectivity index (χ0) is 15.7. The van der Waals surface area contributed by atoms with Gasteiger partial charge < -0.3 is 9.88 Å². The monoisotopic (exact) mass is 298 g/mol. The van der Waals surface area contributed by atoms with E-state index in [-0.39, 0.29) is 17.4 Å². The molecule has 0 radical (unpaired) electrons. The molecular weight excluding hydrogens is 276 g/mol. The molecule has 3 heterocycles. The van der Waals surface area contributed by atoms with Crippen molar-refractivity contribution < 1.29 is 4.79 Å². The number of rotatable bonds is 2. The Labute approximate surface area is 130 Å². The lowest BCUT2D eigenvalue weighted by Gasteiger charge is -2.24. The molecule has 0 bridgehead atoms. The average Bonchev–Trinajstić information content (AvgIpc) is 2.91. The Bertz CT molecular complexity index is 670. The third kappa shape index (κ3) is 3.03. The predicted octanol–water partition coefficient (Wildman–Crippen LogP) is 2.32. The summed E-state index contributed by atoms with van der Waals surface area (Å²) in [6, 6.07) is 3.62. The van der Waals surface area contributed by atoms with Gasteiger partial charge in [-0.1, -0.05) is 20.8 Å². The lowest BCUT2D eigenvalue weighted by Crippen LogP contribution is -2.40. The number of imidazole rings is 1. The molecular formula is C17H22N4O. The van der Waals surface area contributed by atoms with E-state index in [0.29, 0.717) is 5.56 Å². The van der Waals surface area contributed by atoms with Gasteiger partial charge in [0.05, 0.1) is 5.69 Å². The summed E-state index contributed by atoms with van der Waals surface area (Å²) in [5, 5.41) is 3.11. The van der Waals surface area contributed by atoms with E-state index in [1.807, 2.05) is 0 Å². The van der Waals surface area contributed by atoms with E-state index < -0.39 is 0 Å². The number of carbonyl (C=O) groups is 1. The summed E-state index contributed by atoms with van der Waals surface area (Å²) < 4.78 is 2.18. The van der Waals surface area contributed by atoms with Crippen molar-refractivity contribution in [2.24, 2.45) is 0 Å². The van der Waals surface area contributed by atoms with Gasteiger partial charge in [0, 0.05) is 48.6 Å². The van der Waals surface area contributed by atoms with Crippen LogP contribution >= 0.6 is 0 Å². The maximum Gasteiger partial charge on any atom is 0.251 e. The summed E-state index contributed by atoms with van der Waals surface area (Å²) in [5.74, 6) is 1.09. The van der Waals surface area contributed by atoms with Crippen LogP contribution in [0.1, 0.15) is 49.1 Å². The average molecular weight is 298 g/mol. The molecule has 1 amide bonds. The van der Waals surface area contributed by atoms with Gasteiger partial charge in [-0.2, -0.15) is 0 Å². The second-order valence-corrected chi connectivity index (χ2v) is 6.89. The number of nitrogens with zero attached hydrogens (tertiary/aromatic N) is 3. The van der Waals surface area contributed by atoms with Crippen molar-refractivity contribution in [2.75, 3.05) is 0 Å². The van der Waals surface area contributed by atoms with E-state index in [9.17, 15) is 4.79 Å². The maximum atomic E-state index is 12.2. The zero-order valence-corrected chi connectivity index (χ0v) is 13.3. The highest BCUT2D eigenvalue weighted by Gasteiger charge is 2.25. The summed E-state index contributed by atoms with van der Waals surface area (Å²) in [6.45, 7) is 7.30. The highest BCUT2D eigenvalue weighted by Crippen LogP contribution is 2.24. The van der Waals surface area contributed by atoms with E-state index in [1.165, 1.54) is 0 Å². The number of amides is 1. The standard InChI is InChI=1S/C17H22N4O/c1-17(2,3)14-11-21-10-13(4-5-15(21)20-14)19-16(22)12-6-8-18-9-7-12/h6-9,11,13H,4-5,10H2,1-3H3,(H,19,22). The second-order valence-electron chi connectivity index (χ2n) is 6.89. The van der Waals surface area contributed by atoms with Crippen LogP contribution in [0.15, 0.2) is 30.7 Å². The maximum absolute atomic E-state index is 12.2. The third-order valence-corrected chi connectivity index (χ3v) is 4.04. The van der Waals surface area contributed by atoms with E-state index in [4.69, 9.17) is 4.98 Å². The molecule has 0 aromatic carbocycles. The molecule has 0 spiro atoms. The van der Waals surface area contributed by atoms with Gasteiger partial charge in [-0.05, 0) is 18.6 Å². The van der Waals surface area contributed by atoms with Crippen LogP contribution in [0.25, 0.3) is 0 Å². The number of carbonyl (C=O) groups excluding carboxylic acids is 1. The van der Waals surface area contributed by atoms with Crippen LogP contribution in [0.4, 0.5) is 0 Å². The summed E-state index contributed by atoms with van der Waals surface area (Å²) in [4.78, 5) is 20.9. The Morgan fingerprint density at radius 2 is 2.05 bits per heavy atom. The first kappa shape index (κ1) is 14.8. The van der Waals surface area contributed by atoms with Crippen LogP contribution in [-0.2, 0) is 18.4 Å². The molecule has 2 aromatic heterocycles. The molecule has 1 unspecified atom stereocenters. The molecule has 5 nitrogen and oxygen atoms in total. The Hall–Kier alpha value is -2.17. The number of nitrogens with one attached hydrogen (secondary N) is 1. The fraction of sp³-hybridized carbons (Fsp3) is 0.471. The zero-order valence-electron chi connectivity index (χ0n) is 13.3. The van der Waals surface area contributed by atoms with E-state index in [2.05, 4.69) is 41.8 Å². The normalized spacial score (nSPS) is 17.9. The molecule has 5 heteroatoms. The lowest BCUT2D eigenvalue weighted by atomic mass is 9.93. The van der Waals surface area contributed by atoms with Crippen LogP contribution in [0.3, 0.4) is 0 Å². The van der Waals surface area contributed by atoms with Crippen LogP contribution in [0.5, 0.6) is 0 Å². The molecule has 0 fully saturated rings. The molecule has 116 valence electrons. The van der Waals surface area contributed by atoms with Gasteiger partial charge in [-0.3, -0.25) is 9.78 Å². The molecule has 2 aromatic rings. The summed E-state index contributed by atoms with van der Waals surface area (Å²) in [5.41, 5.74) is 1.82. The summed E-state index contributed by atoms with van der Waals surface area (Å²) in [6.07, 6.45) is 7.23. The van der Waals surface area contributed by atoms with Crippen molar-refractivity contribution >= 4 is 5.91 Å². The summed E-state index contributed by atoms with van der Waals surface area (Å²) >= 11 is 0. The Kier molecular flexibility index (Phi) is 3.72. The Morgan fingerprint density at radius 1 is 1.32 bits per heavy atom. The first-order valence-corrected chi connectivity index (χ1v) is 7.71. The van der Waals surface area contributed by atoms with Crippen molar-refractivity contribution in [2.45, 2.75) is 51.6 Å². The quantitative estimate of drug-likeness (QED) is 0.925. The number of fused-ring (bicyclic) bond motifs is 1. The van der Waals surface area contributed by atoms with Crippen LogP contribution in [-0.4, -0.2) is 26.5 Å². The molecule has 0 saturated heterocycles. The van der Waals surface area contributed by atoms with Gasteiger partial charge >= 0.3 is 0 Å². The molecule has 22 heavy (non-hydrogen) atoms. The largest absolute Gasteiger partial charge is 0.347 e. The van der Waals surface area contributed by atoms with Gasteiger partial charge in [0.25, 0.3) is 5.91 Å². The Morgan fingerprint density at radius 3 is 2.73 bits per heavy atom. The molecule has 3 rings (SSSR count). The minimum Gasteiger partial charge on any atom is -0.347 e. The lowest BCUT2D eigenvalue weighted by molar-refractivity contribution is 0.0927. The van der Waals surface area contributed by atoms with Crippen molar-refractivity contribution in [3.63, 3.8) is 0 Å². The smallest absolute Gasteiger partial charge is 0.251 e. The Balaban J connectivity index is 1.69. The minimum absolute atomic E-state index is 0.0352. The number of aryl methyl sites for hydroxylation is 1. The number of aromatic nitrogens is 3. The summed E-state index contributed by atoms with van der Waals surface area (Å²) in [7, 11) is 0. The van der Waals surface area contributed by atoms with E-state index in [0.717, 1.165) is 30.9 Å². The molecule has 1 aliphatic rings. The van der Waals surface area contributed by atoms with Crippen LogP contribution in [0.2, 0.25) is 0 Å². The molecule has 0 saturated carbocycles. The fourth-order valence-electron chi connectivity index (χ4n) is 2.70. The van der Waals surface area contributed by atoms with Crippen molar-refractivity contribution in [3.8, 4) is 0 Å². The number of pyridine rings is 1. The van der Waals surface area contributed by atoms with Crippen LogP contribution in [0, 0.1) is 0 Å². The second kappa shape index (κ2) is 5.55. The van der Waals surface area contributed by atoms with Gasteiger partial charge in [0.15, 0.2) is 0 Å². The highest BCUT2D eigenvalue weighted by molar-refractivity contribution is 5.94. The predicted molar refractivity (Wildman–Crippen MR) is 84.7 cm³/mol. The molecule has 1 aliphatic heterocycles. The first-order chi connectivity index (χ1) is 10.4. The number of hydrogen-bond acceptors (Lipinski definition) is 3. The third-order valence-electron chi connectivity index (χ3n) is 4.04. The van der Waals surface area contributed by atoms with Crippen molar-refractivity contribution in [3.05, 3.63) is 47.8 Å². The molecule has 1 atom stereocenters. The highest BCUT2D eigenvalue weighted by atomic mass is 16.1. The topological polar surface area (TPSA) is 59.8 Å². The van der Waals surface area contributed by atoms with Gasteiger partial charge in [-0.25, -0.2) is 4.98 Å². The van der Waals surface area contributed by atoms with Gasteiger partial charge in [0.1, 0.15) is 5.82 Å². The van der Waals surface area contributed by atoms with Crippen molar-refractivity contribution in [1.29, 1.82) is 0 Å². The van der Waals surface area contributed by atoms with E-state index >= 15 is 0 Å².